The molecule has 4 rings (SSSR count). The van der Waals surface area contributed by atoms with Gasteiger partial charge in [-0.15, -0.1) is 0 Å². The lowest BCUT2D eigenvalue weighted by atomic mass is 10.1. The molecule has 0 saturated carbocycles. The predicted octanol–water partition coefficient (Wildman–Crippen LogP) is 5.19. The van der Waals surface area contributed by atoms with Gasteiger partial charge in [-0.1, -0.05) is 24.3 Å². The summed E-state index contributed by atoms with van der Waals surface area (Å²) in [5.74, 6) is 6.78. The number of pyridine rings is 1. The van der Waals surface area contributed by atoms with Gasteiger partial charge in [-0.3, -0.25) is 4.79 Å². The van der Waals surface area contributed by atoms with Crippen LogP contribution in [0.4, 0.5) is 0 Å². The number of carbonyl (C=O) groups excluding carboxylic acids is 1. The maximum Gasteiger partial charge on any atom is 0.273 e. The predicted molar refractivity (Wildman–Crippen MR) is 135 cm³/mol. The van der Waals surface area contributed by atoms with E-state index in [0.29, 0.717) is 16.1 Å². The van der Waals surface area contributed by atoms with Crippen LogP contribution in [0, 0.1) is 6.92 Å². The lowest BCUT2D eigenvalue weighted by Crippen LogP contribution is -2.37. The fourth-order valence-electron chi connectivity index (χ4n) is 3.82. The van der Waals surface area contributed by atoms with E-state index in [0.717, 1.165) is 27.8 Å². The number of halogens is 1. The van der Waals surface area contributed by atoms with E-state index in [9.17, 15) is 4.79 Å². The average molecular weight is 540 g/mol. The summed E-state index contributed by atoms with van der Waals surface area (Å²) in [5.41, 5.74) is 2.90. The van der Waals surface area contributed by atoms with Crippen LogP contribution in [0.5, 0.6) is 11.6 Å². The summed E-state index contributed by atoms with van der Waals surface area (Å²) in [4.78, 5) is 24.9. The number of aryl methyl sites for hydroxylation is 1. The van der Waals surface area contributed by atoms with Crippen LogP contribution in [0.25, 0.3) is 11.0 Å². The highest BCUT2D eigenvalue weighted by Gasteiger charge is 2.31. The summed E-state index contributed by atoms with van der Waals surface area (Å²) >= 11 is 3.38. The maximum atomic E-state index is 13.8. The van der Waals surface area contributed by atoms with Crippen molar-refractivity contribution in [1.29, 1.82) is 0 Å². The van der Waals surface area contributed by atoms with Gasteiger partial charge in [-0.2, -0.15) is 0 Å². The van der Waals surface area contributed by atoms with Crippen LogP contribution in [0.1, 0.15) is 33.4 Å². The molecule has 2 aromatic heterocycles. The molecule has 0 bridgehead atoms. The number of aromatic nitrogens is 1. The number of hydrogen-bond acceptors (Lipinski definition) is 7. The number of nitrogens with two attached hydrogens (primary N) is 1. The van der Waals surface area contributed by atoms with E-state index in [1.165, 1.54) is 7.11 Å². The second kappa shape index (κ2) is 10.9. The third kappa shape index (κ3) is 5.48. The SMILES string of the molecule is COc1ccc(CN(C(=O)c2ccc(Br)c(OC)n2)C(CON)c2cc3ccc(C)cc3o2)cc1. The van der Waals surface area contributed by atoms with Gasteiger partial charge in [0.1, 0.15) is 28.8 Å². The fourth-order valence-corrected chi connectivity index (χ4v) is 4.21. The zero-order valence-corrected chi connectivity index (χ0v) is 21.2. The topological polar surface area (TPSA) is 100 Å². The molecule has 0 aliphatic carbocycles. The van der Waals surface area contributed by atoms with Crippen LogP contribution >= 0.6 is 15.9 Å². The van der Waals surface area contributed by atoms with Crippen molar-refractivity contribution < 1.29 is 23.5 Å². The third-order valence-electron chi connectivity index (χ3n) is 5.65. The Hall–Kier alpha value is -3.40. The summed E-state index contributed by atoms with van der Waals surface area (Å²) < 4.78 is 17.4. The number of ether oxygens (including phenoxy) is 2. The Bertz CT molecular complexity index is 1320. The first-order valence-corrected chi connectivity index (χ1v) is 11.7. The van der Waals surface area contributed by atoms with E-state index in [-0.39, 0.29) is 24.8 Å². The van der Waals surface area contributed by atoms with E-state index < -0.39 is 6.04 Å². The first-order chi connectivity index (χ1) is 16.9. The van der Waals surface area contributed by atoms with Crippen molar-refractivity contribution in [3.05, 3.63) is 87.7 Å². The number of amides is 1. The van der Waals surface area contributed by atoms with Gasteiger partial charge in [-0.25, -0.2) is 10.9 Å². The standard InChI is InChI=1S/C26H26BrN3O5/c1-16-4-7-18-13-24(35-23(18)12-16)22(15-34-28)30(14-17-5-8-19(32-2)9-6-17)26(31)21-11-10-20(27)25(29-21)33-3/h4-13,22H,14-15,28H2,1-3H3. The number of benzene rings is 2. The van der Waals surface area contributed by atoms with Crippen molar-refractivity contribution in [2.45, 2.75) is 19.5 Å². The molecule has 0 fully saturated rings. The molecule has 2 heterocycles. The molecule has 4 aromatic rings. The fraction of sp³-hybridized carbons (Fsp3) is 0.231. The van der Waals surface area contributed by atoms with Gasteiger partial charge in [0.15, 0.2) is 0 Å². The van der Waals surface area contributed by atoms with Gasteiger partial charge >= 0.3 is 0 Å². The van der Waals surface area contributed by atoms with Crippen molar-refractivity contribution in [2.75, 3.05) is 20.8 Å². The van der Waals surface area contributed by atoms with E-state index in [2.05, 4.69) is 20.9 Å². The van der Waals surface area contributed by atoms with Crippen molar-refractivity contribution >= 4 is 32.8 Å². The molecule has 1 amide bonds. The van der Waals surface area contributed by atoms with Gasteiger partial charge in [0.05, 0.1) is 25.3 Å². The van der Waals surface area contributed by atoms with Crippen molar-refractivity contribution in [3.63, 3.8) is 0 Å². The van der Waals surface area contributed by atoms with Crippen LogP contribution in [-0.2, 0) is 11.4 Å². The number of furan rings is 1. The van der Waals surface area contributed by atoms with Gasteiger partial charge in [0.2, 0.25) is 5.88 Å². The van der Waals surface area contributed by atoms with Gasteiger partial charge in [0.25, 0.3) is 5.91 Å². The molecule has 2 aromatic carbocycles. The average Bonchev–Trinajstić information content (AvgIpc) is 3.29. The molecule has 2 N–H and O–H groups in total. The molecule has 182 valence electrons. The Labute approximate surface area is 211 Å². The highest BCUT2D eigenvalue weighted by Crippen LogP contribution is 2.32. The number of hydrogen-bond donors (Lipinski definition) is 1. The first-order valence-electron chi connectivity index (χ1n) is 10.9. The molecule has 1 unspecified atom stereocenters. The summed E-state index contributed by atoms with van der Waals surface area (Å²) in [5, 5.41) is 0.924. The maximum absolute atomic E-state index is 13.8. The van der Waals surface area contributed by atoms with E-state index in [4.69, 9.17) is 24.6 Å². The summed E-state index contributed by atoms with van der Waals surface area (Å²) in [6.45, 7) is 2.27. The zero-order chi connectivity index (χ0) is 24.9. The number of carbonyl (C=O) groups is 1. The molecule has 8 nitrogen and oxygen atoms in total. The first kappa shape index (κ1) is 24.7. The highest BCUT2D eigenvalue weighted by molar-refractivity contribution is 9.10. The normalized spacial score (nSPS) is 11.9. The second-order valence-electron chi connectivity index (χ2n) is 8.01. The Kier molecular flexibility index (Phi) is 7.70. The summed E-state index contributed by atoms with van der Waals surface area (Å²) in [7, 11) is 3.10. The molecule has 0 aliphatic rings. The molecular weight excluding hydrogens is 514 g/mol. The van der Waals surface area contributed by atoms with Crippen LogP contribution in [0.15, 0.2) is 69.6 Å². The molecular formula is C26H26BrN3O5. The number of rotatable bonds is 9. The summed E-state index contributed by atoms with van der Waals surface area (Å²) in [6.07, 6.45) is 0. The molecule has 0 spiro atoms. The van der Waals surface area contributed by atoms with Gasteiger partial charge < -0.3 is 23.6 Å². The number of methoxy groups -OCH3 is 2. The van der Waals surface area contributed by atoms with Gasteiger partial charge in [0, 0.05) is 11.9 Å². The van der Waals surface area contributed by atoms with Crippen LogP contribution in [-0.4, -0.2) is 36.6 Å². The monoisotopic (exact) mass is 539 g/mol. The largest absolute Gasteiger partial charge is 0.497 e. The molecule has 0 radical (unpaired) electrons. The van der Waals surface area contributed by atoms with Crippen molar-refractivity contribution in [3.8, 4) is 11.6 Å². The lowest BCUT2D eigenvalue weighted by molar-refractivity contribution is 0.0340. The Morgan fingerprint density at radius 3 is 2.54 bits per heavy atom. The quantitative estimate of drug-likeness (QED) is 0.292. The van der Waals surface area contributed by atoms with Gasteiger partial charge in [-0.05, 0) is 70.4 Å². The van der Waals surface area contributed by atoms with E-state index in [1.54, 1.807) is 24.1 Å². The number of nitrogens with zero attached hydrogens (tertiary/aromatic N) is 2. The lowest BCUT2D eigenvalue weighted by Gasteiger charge is -2.30. The van der Waals surface area contributed by atoms with E-state index >= 15 is 0 Å². The van der Waals surface area contributed by atoms with Crippen LogP contribution < -0.4 is 15.4 Å². The molecule has 35 heavy (non-hydrogen) atoms. The van der Waals surface area contributed by atoms with E-state index in [1.807, 2.05) is 55.5 Å². The van der Waals surface area contributed by atoms with Crippen LogP contribution in [0.3, 0.4) is 0 Å². The molecule has 0 aliphatic heterocycles. The zero-order valence-electron chi connectivity index (χ0n) is 19.7. The Balaban J connectivity index is 1.78. The Morgan fingerprint density at radius 2 is 1.86 bits per heavy atom. The molecule has 1 atom stereocenters. The smallest absolute Gasteiger partial charge is 0.273 e. The Morgan fingerprint density at radius 1 is 1.09 bits per heavy atom. The summed E-state index contributed by atoms with van der Waals surface area (Å²) in [6, 6.07) is 18.1. The highest BCUT2D eigenvalue weighted by atomic mass is 79.9. The van der Waals surface area contributed by atoms with Crippen molar-refractivity contribution in [1.82, 2.24) is 9.88 Å². The molecule has 9 heteroatoms. The minimum atomic E-state index is -0.612. The number of fused-ring (bicyclic) bond motifs is 1. The third-order valence-corrected chi connectivity index (χ3v) is 6.26. The minimum absolute atomic E-state index is 0.0222. The molecule has 0 saturated heterocycles. The minimum Gasteiger partial charge on any atom is -0.497 e. The van der Waals surface area contributed by atoms with Crippen LogP contribution in [0.2, 0.25) is 0 Å². The second-order valence-corrected chi connectivity index (χ2v) is 8.86. The van der Waals surface area contributed by atoms with Crippen molar-refractivity contribution in [2.24, 2.45) is 5.90 Å².